The number of carbonyl (C=O) groups is 1. The number of halogens is 1. The number of rotatable bonds is 6. The summed E-state index contributed by atoms with van der Waals surface area (Å²) in [5.41, 5.74) is 1.44. The van der Waals surface area contributed by atoms with Crippen molar-refractivity contribution in [2.75, 3.05) is 18.5 Å². The van der Waals surface area contributed by atoms with Crippen molar-refractivity contribution in [2.45, 2.75) is 23.8 Å². The SMILES string of the molecule is O=C(Nc1ccc2[nH]c(=O)[nH]c2c1)c1cc(S(=O)(=O)NC[C@H]2CCCO2)ccc1Br. The molecule has 3 aromatic rings. The Hall–Kier alpha value is -2.47. The van der Waals surface area contributed by atoms with E-state index < -0.39 is 15.9 Å². The number of sulfonamides is 1. The molecule has 11 heteroatoms. The zero-order chi connectivity index (χ0) is 21.3. The van der Waals surface area contributed by atoms with E-state index >= 15 is 0 Å². The van der Waals surface area contributed by atoms with Crippen molar-refractivity contribution in [3.8, 4) is 0 Å². The van der Waals surface area contributed by atoms with Crippen molar-refractivity contribution in [1.29, 1.82) is 0 Å². The third-order valence-corrected chi connectivity index (χ3v) is 6.90. The number of hydrogen-bond acceptors (Lipinski definition) is 5. The third-order valence-electron chi connectivity index (χ3n) is 4.79. The molecule has 0 bridgehead atoms. The van der Waals surface area contributed by atoms with Gasteiger partial charge in [0.15, 0.2) is 0 Å². The summed E-state index contributed by atoms with van der Waals surface area (Å²) < 4.78 is 33.7. The first kappa shape index (κ1) is 20.8. The topological polar surface area (TPSA) is 133 Å². The molecule has 30 heavy (non-hydrogen) atoms. The fraction of sp³-hybridized carbons (Fsp3) is 0.263. The molecule has 4 rings (SSSR count). The molecule has 1 aliphatic heterocycles. The molecule has 1 saturated heterocycles. The van der Waals surface area contributed by atoms with Gasteiger partial charge in [-0.05, 0) is 65.2 Å². The Morgan fingerprint density at radius 2 is 1.97 bits per heavy atom. The van der Waals surface area contributed by atoms with Crippen LogP contribution in [0.3, 0.4) is 0 Å². The minimum Gasteiger partial charge on any atom is -0.377 e. The van der Waals surface area contributed by atoms with E-state index in [0.717, 1.165) is 12.8 Å². The van der Waals surface area contributed by atoms with E-state index in [-0.39, 0.29) is 28.8 Å². The van der Waals surface area contributed by atoms with Gasteiger partial charge in [0.25, 0.3) is 5.91 Å². The lowest BCUT2D eigenvalue weighted by Crippen LogP contribution is -2.32. The number of aromatic nitrogens is 2. The highest BCUT2D eigenvalue weighted by Crippen LogP contribution is 2.23. The van der Waals surface area contributed by atoms with Crippen LogP contribution in [0.15, 0.2) is 50.6 Å². The molecule has 1 aromatic heterocycles. The second-order valence-corrected chi connectivity index (χ2v) is 9.54. The number of hydrogen-bond donors (Lipinski definition) is 4. The minimum atomic E-state index is -3.79. The lowest BCUT2D eigenvalue weighted by Gasteiger charge is -2.13. The number of ether oxygens (including phenoxy) is 1. The zero-order valence-electron chi connectivity index (χ0n) is 15.7. The predicted octanol–water partition coefficient (Wildman–Crippen LogP) is 2.33. The molecular formula is C19H19BrN4O5S. The Bertz CT molecular complexity index is 1260. The average molecular weight is 495 g/mol. The highest BCUT2D eigenvalue weighted by Gasteiger charge is 2.22. The number of anilines is 1. The standard InChI is InChI=1S/C19H19BrN4O5S/c20-15-5-4-13(30(27,28)21-10-12-2-1-7-29-12)9-14(15)18(25)22-11-3-6-16-17(8-11)24-19(26)23-16/h3-6,8-9,12,21H,1-2,7,10H2,(H,22,25)(H2,23,24,26)/t12-/m1/s1. The lowest BCUT2D eigenvalue weighted by atomic mass is 10.2. The Morgan fingerprint density at radius 1 is 1.17 bits per heavy atom. The fourth-order valence-electron chi connectivity index (χ4n) is 3.25. The second kappa shape index (κ2) is 8.34. The maximum Gasteiger partial charge on any atom is 0.323 e. The van der Waals surface area contributed by atoms with Gasteiger partial charge in [-0.25, -0.2) is 17.9 Å². The molecule has 0 radical (unpaired) electrons. The summed E-state index contributed by atoms with van der Waals surface area (Å²) in [5.74, 6) is -0.490. The van der Waals surface area contributed by atoms with E-state index in [1.807, 2.05) is 0 Å². The summed E-state index contributed by atoms with van der Waals surface area (Å²) in [7, 11) is -3.79. The number of benzene rings is 2. The predicted molar refractivity (Wildman–Crippen MR) is 115 cm³/mol. The summed E-state index contributed by atoms with van der Waals surface area (Å²) in [6.45, 7) is 0.826. The maximum atomic E-state index is 12.8. The van der Waals surface area contributed by atoms with Crippen LogP contribution in [0.5, 0.6) is 0 Å². The summed E-state index contributed by atoms with van der Waals surface area (Å²) >= 11 is 3.30. The van der Waals surface area contributed by atoms with Crippen molar-refractivity contribution in [3.05, 3.63) is 56.9 Å². The molecule has 1 atom stereocenters. The van der Waals surface area contributed by atoms with E-state index in [0.29, 0.717) is 27.8 Å². The van der Waals surface area contributed by atoms with Crippen LogP contribution < -0.4 is 15.7 Å². The summed E-state index contributed by atoms with van der Waals surface area (Å²) in [5, 5.41) is 2.72. The van der Waals surface area contributed by atoms with Crippen molar-refractivity contribution in [1.82, 2.24) is 14.7 Å². The molecule has 2 heterocycles. The van der Waals surface area contributed by atoms with Gasteiger partial charge >= 0.3 is 5.69 Å². The first-order valence-corrected chi connectivity index (χ1v) is 11.5. The molecule has 1 fully saturated rings. The molecule has 1 aliphatic rings. The Morgan fingerprint density at radius 3 is 2.73 bits per heavy atom. The summed E-state index contributed by atoms with van der Waals surface area (Å²) in [6.07, 6.45) is 1.60. The second-order valence-electron chi connectivity index (χ2n) is 6.92. The van der Waals surface area contributed by atoms with Gasteiger partial charge in [0, 0.05) is 23.3 Å². The van der Waals surface area contributed by atoms with Gasteiger partial charge in [-0.3, -0.25) is 4.79 Å². The lowest BCUT2D eigenvalue weighted by molar-refractivity contribution is 0.102. The number of aromatic amines is 2. The number of carbonyl (C=O) groups excluding carboxylic acids is 1. The molecule has 0 saturated carbocycles. The van der Waals surface area contributed by atoms with Crippen LogP contribution >= 0.6 is 15.9 Å². The molecule has 0 aliphatic carbocycles. The third kappa shape index (κ3) is 4.48. The largest absolute Gasteiger partial charge is 0.377 e. The average Bonchev–Trinajstić information content (AvgIpc) is 3.34. The Labute approximate surface area is 180 Å². The number of fused-ring (bicyclic) bond motifs is 1. The van der Waals surface area contributed by atoms with E-state index in [1.165, 1.54) is 18.2 Å². The summed E-state index contributed by atoms with van der Waals surface area (Å²) in [4.78, 5) is 29.4. The van der Waals surface area contributed by atoms with Crippen molar-refractivity contribution >= 4 is 48.6 Å². The molecule has 0 unspecified atom stereocenters. The van der Waals surface area contributed by atoms with Crippen molar-refractivity contribution in [2.24, 2.45) is 0 Å². The normalized spacial score (nSPS) is 16.8. The highest BCUT2D eigenvalue weighted by molar-refractivity contribution is 9.10. The number of amides is 1. The van der Waals surface area contributed by atoms with E-state index in [1.54, 1.807) is 18.2 Å². The van der Waals surface area contributed by atoms with Gasteiger partial charge < -0.3 is 20.0 Å². The van der Waals surface area contributed by atoms with Gasteiger partial charge in [-0.1, -0.05) is 0 Å². The van der Waals surface area contributed by atoms with Gasteiger partial charge in [0.1, 0.15) is 0 Å². The quantitative estimate of drug-likeness (QED) is 0.417. The first-order chi connectivity index (χ1) is 14.3. The first-order valence-electron chi connectivity index (χ1n) is 9.26. The van der Waals surface area contributed by atoms with Gasteiger partial charge in [-0.2, -0.15) is 0 Å². The van der Waals surface area contributed by atoms with Crippen LogP contribution in [0.1, 0.15) is 23.2 Å². The van der Waals surface area contributed by atoms with Gasteiger partial charge in [0.2, 0.25) is 10.0 Å². The number of H-pyrrole nitrogens is 2. The van der Waals surface area contributed by atoms with E-state index in [4.69, 9.17) is 4.74 Å². The molecule has 4 N–H and O–H groups in total. The highest BCUT2D eigenvalue weighted by atomic mass is 79.9. The molecule has 158 valence electrons. The van der Waals surface area contributed by atoms with Crippen molar-refractivity contribution in [3.63, 3.8) is 0 Å². The molecule has 2 aromatic carbocycles. The van der Waals surface area contributed by atoms with Crippen LogP contribution in [0.4, 0.5) is 5.69 Å². The maximum absolute atomic E-state index is 12.8. The van der Waals surface area contributed by atoms with Crippen LogP contribution in [0, 0.1) is 0 Å². The Balaban J connectivity index is 1.53. The van der Waals surface area contributed by atoms with Gasteiger partial charge in [0.05, 0.1) is 27.6 Å². The molecule has 9 nitrogen and oxygen atoms in total. The van der Waals surface area contributed by atoms with Crippen molar-refractivity contribution < 1.29 is 17.9 Å². The molecule has 0 spiro atoms. The van der Waals surface area contributed by atoms with E-state index in [9.17, 15) is 18.0 Å². The van der Waals surface area contributed by atoms with Crippen LogP contribution in [-0.4, -0.2) is 43.5 Å². The van der Waals surface area contributed by atoms with Gasteiger partial charge in [-0.15, -0.1) is 0 Å². The van der Waals surface area contributed by atoms with Crippen LogP contribution in [0.25, 0.3) is 11.0 Å². The Kier molecular flexibility index (Phi) is 5.78. The molecular weight excluding hydrogens is 476 g/mol. The fourth-order valence-corrected chi connectivity index (χ4v) is 4.76. The number of imidazole rings is 1. The zero-order valence-corrected chi connectivity index (χ0v) is 18.1. The van der Waals surface area contributed by atoms with E-state index in [2.05, 4.69) is 35.9 Å². The molecule has 1 amide bonds. The number of nitrogens with one attached hydrogen (secondary N) is 4. The van der Waals surface area contributed by atoms with Crippen LogP contribution in [0.2, 0.25) is 0 Å². The summed E-state index contributed by atoms with van der Waals surface area (Å²) in [6, 6.07) is 9.17. The minimum absolute atomic E-state index is 0.0146. The monoisotopic (exact) mass is 494 g/mol. The van der Waals surface area contributed by atoms with Crippen LogP contribution in [-0.2, 0) is 14.8 Å². The smallest absolute Gasteiger partial charge is 0.323 e.